The molecule has 3 nitrogen and oxygen atoms in total. The highest BCUT2D eigenvalue weighted by atomic mass is 32.2. The molecule has 0 unspecified atom stereocenters. The smallest absolute Gasteiger partial charge is 0.0735 e. The molecular weight excluding hydrogens is 184 g/mol. The van der Waals surface area contributed by atoms with Crippen LogP contribution in [0.4, 0.5) is 5.69 Å². The minimum Gasteiger partial charge on any atom is -0.399 e. The van der Waals surface area contributed by atoms with Crippen LogP contribution in [0.1, 0.15) is 5.56 Å². The summed E-state index contributed by atoms with van der Waals surface area (Å²) in [5.41, 5.74) is 7.30. The maximum absolute atomic E-state index is 11.2. The van der Waals surface area contributed by atoms with Crippen molar-refractivity contribution < 1.29 is 4.21 Å². The van der Waals surface area contributed by atoms with E-state index < -0.39 is 9.73 Å². The van der Waals surface area contributed by atoms with Gasteiger partial charge >= 0.3 is 0 Å². The molecule has 0 spiro atoms. The lowest BCUT2D eigenvalue weighted by Gasteiger charge is -1.99. The maximum Gasteiger partial charge on any atom is 0.0735 e. The molecule has 0 fully saturated rings. The first-order valence-electron chi connectivity index (χ1n) is 3.95. The molecule has 0 saturated heterocycles. The van der Waals surface area contributed by atoms with Gasteiger partial charge in [-0.2, -0.15) is 0 Å². The lowest BCUT2D eigenvalue weighted by molar-refractivity contribution is 0.682. The Morgan fingerprint density at radius 2 is 2.15 bits per heavy atom. The molecule has 0 aliphatic carbocycles. The van der Waals surface area contributed by atoms with E-state index in [0.717, 1.165) is 5.56 Å². The number of hydrogen-bond donors (Lipinski definition) is 1. The van der Waals surface area contributed by atoms with Crippen LogP contribution in [-0.2, 0) is 16.3 Å². The SMILES string of the molecule is CS(C)(=O)=NCc1cccc(N)c1. The van der Waals surface area contributed by atoms with Crippen molar-refractivity contribution in [3.05, 3.63) is 29.8 Å². The number of nitrogen functional groups attached to an aromatic ring is 1. The van der Waals surface area contributed by atoms with E-state index in [2.05, 4.69) is 4.36 Å². The molecule has 72 valence electrons. The Balaban J connectivity index is 2.82. The number of benzene rings is 1. The van der Waals surface area contributed by atoms with Gasteiger partial charge < -0.3 is 5.73 Å². The van der Waals surface area contributed by atoms with Gasteiger partial charge in [-0.1, -0.05) is 12.1 Å². The Hall–Kier alpha value is -1.03. The zero-order valence-corrected chi connectivity index (χ0v) is 8.67. The Kier molecular flexibility index (Phi) is 2.93. The highest BCUT2D eigenvalue weighted by molar-refractivity contribution is 7.92. The van der Waals surface area contributed by atoms with Crippen LogP contribution >= 0.6 is 0 Å². The highest BCUT2D eigenvalue weighted by Gasteiger charge is 1.93. The van der Waals surface area contributed by atoms with Gasteiger partial charge in [0.2, 0.25) is 0 Å². The average Bonchev–Trinajstić information content (AvgIpc) is 2.00. The third-order valence-electron chi connectivity index (χ3n) is 1.51. The van der Waals surface area contributed by atoms with Crippen LogP contribution in [0.5, 0.6) is 0 Å². The zero-order chi connectivity index (χ0) is 9.90. The van der Waals surface area contributed by atoms with Crippen LogP contribution in [0, 0.1) is 0 Å². The number of rotatable bonds is 2. The summed E-state index contributed by atoms with van der Waals surface area (Å²) < 4.78 is 15.3. The summed E-state index contributed by atoms with van der Waals surface area (Å²) in [5, 5.41) is 0. The fraction of sp³-hybridized carbons (Fsp3) is 0.333. The van der Waals surface area contributed by atoms with Gasteiger partial charge in [0.05, 0.1) is 6.54 Å². The van der Waals surface area contributed by atoms with Gasteiger partial charge in [0.25, 0.3) is 0 Å². The molecule has 0 aromatic heterocycles. The van der Waals surface area contributed by atoms with Gasteiger partial charge in [-0.15, -0.1) is 0 Å². The Labute approximate surface area is 79.1 Å². The number of nitrogens with two attached hydrogens (primary N) is 1. The first-order valence-corrected chi connectivity index (χ1v) is 6.28. The van der Waals surface area contributed by atoms with Crippen LogP contribution in [0.3, 0.4) is 0 Å². The van der Waals surface area contributed by atoms with Crippen molar-refractivity contribution >= 4 is 15.4 Å². The molecule has 4 heteroatoms. The normalized spacial score (nSPS) is 11.2. The first kappa shape index (κ1) is 10.1. The van der Waals surface area contributed by atoms with Crippen molar-refractivity contribution in [2.45, 2.75) is 6.54 Å². The van der Waals surface area contributed by atoms with Crippen molar-refractivity contribution in [1.82, 2.24) is 0 Å². The molecule has 0 radical (unpaired) electrons. The molecule has 1 aromatic carbocycles. The van der Waals surface area contributed by atoms with E-state index in [0.29, 0.717) is 12.2 Å². The summed E-state index contributed by atoms with van der Waals surface area (Å²) in [6.45, 7) is 0.469. The first-order chi connectivity index (χ1) is 5.97. The van der Waals surface area contributed by atoms with Gasteiger partial charge in [0, 0.05) is 27.9 Å². The molecule has 2 N–H and O–H groups in total. The molecule has 0 saturated carbocycles. The number of hydrogen-bond acceptors (Lipinski definition) is 3. The molecule has 0 heterocycles. The monoisotopic (exact) mass is 198 g/mol. The zero-order valence-electron chi connectivity index (χ0n) is 7.86. The van der Waals surface area contributed by atoms with E-state index in [-0.39, 0.29) is 0 Å². The molecular formula is C9H14N2OS. The molecule has 1 aromatic rings. The summed E-state index contributed by atoms with van der Waals surface area (Å²) in [5.74, 6) is 0. The van der Waals surface area contributed by atoms with Crippen LogP contribution in [0.15, 0.2) is 28.6 Å². The molecule has 0 bridgehead atoms. The molecule has 1 rings (SSSR count). The predicted molar refractivity (Wildman–Crippen MR) is 57.0 cm³/mol. The van der Waals surface area contributed by atoms with Gasteiger partial charge in [-0.05, 0) is 17.7 Å². The fourth-order valence-corrected chi connectivity index (χ4v) is 1.38. The van der Waals surface area contributed by atoms with Gasteiger partial charge in [0.1, 0.15) is 0 Å². The lowest BCUT2D eigenvalue weighted by atomic mass is 10.2. The van der Waals surface area contributed by atoms with Gasteiger partial charge in [-0.3, -0.25) is 4.21 Å². The van der Waals surface area contributed by atoms with Crippen LogP contribution < -0.4 is 5.73 Å². The fourth-order valence-electron chi connectivity index (χ4n) is 0.921. The summed E-state index contributed by atoms with van der Waals surface area (Å²) in [6, 6.07) is 7.45. The van der Waals surface area contributed by atoms with Crippen molar-refractivity contribution in [2.75, 3.05) is 18.2 Å². The number of anilines is 1. The summed E-state index contributed by atoms with van der Waals surface area (Å²) in [6.07, 6.45) is 3.25. The molecule has 13 heavy (non-hydrogen) atoms. The van der Waals surface area contributed by atoms with Crippen molar-refractivity contribution in [2.24, 2.45) is 4.36 Å². The van der Waals surface area contributed by atoms with Crippen LogP contribution in [0.25, 0.3) is 0 Å². The summed E-state index contributed by atoms with van der Waals surface area (Å²) in [4.78, 5) is 0. The Morgan fingerprint density at radius 3 is 2.69 bits per heavy atom. The Bertz CT molecular complexity index is 398. The lowest BCUT2D eigenvalue weighted by Crippen LogP contribution is -1.93. The topological polar surface area (TPSA) is 55.5 Å². The van der Waals surface area contributed by atoms with E-state index in [4.69, 9.17) is 5.73 Å². The minimum atomic E-state index is -2.00. The quantitative estimate of drug-likeness (QED) is 0.732. The largest absolute Gasteiger partial charge is 0.399 e. The molecule has 0 aliphatic rings. The van der Waals surface area contributed by atoms with Crippen molar-refractivity contribution in [3.8, 4) is 0 Å². The van der Waals surface area contributed by atoms with Gasteiger partial charge in [0.15, 0.2) is 0 Å². The third-order valence-corrected chi connectivity index (χ3v) is 2.26. The standard InChI is InChI=1S/C9H14N2OS/c1-13(2,12)11-7-8-4-3-5-9(10)6-8/h3-6H,7,10H2,1-2H3. The highest BCUT2D eigenvalue weighted by Crippen LogP contribution is 2.08. The minimum absolute atomic E-state index is 0.469. The molecule has 0 aliphatic heterocycles. The van der Waals surface area contributed by atoms with E-state index in [1.54, 1.807) is 12.5 Å². The third kappa shape index (κ3) is 3.94. The van der Waals surface area contributed by atoms with Crippen molar-refractivity contribution in [1.29, 1.82) is 0 Å². The van der Waals surface area contributed by atoms with Gasteiger partial charge in [-0.25, -0.2) is 4.36 Å². The maximum atomic E-state index is 11.2. The van der Waals surface area contributed by atoms with Crippen LogP contribution in [0.2, 0.25) is 0 Å². The van der Waals surface area contributed by atoms with E-state index in [9.17, 15) is 4.21 Å². The van der Waals surface area contributed by atoms with Crippen molar-refractivity contribution in [3.63, 3.8) is 0 Å². The van der Waals surface area contributed by atoms with E-state index in [1.807, 2.05) is 24.3 Å². The number of nitrogens with zero attached hydrogens (tertiary/aromatic N) is 1. The summed E-state index contributed by atoms with van der Waals surface area (Å²) >= 11 is 0. The van der Waals surface area contributed by atoms with Crippen LogP contribution in [-0.4, -0.2) is 16.7 Å². The molecule has 0 amide bonds. The van der Waals surface area contributed by atoms with E-state index >= 15 is 0 Å². The summed E-state index contributed by atoms with van der Waals surface area (Å²) in [7, 11) is -2.00. The second kappa shape index (κ2) is 3.79. The Morgan fingerprint density at radius 1 is 1.46 bits per heavy atom. The second-order valence-corrected chi connectivity index (χ2v) is 5.83. The second-order valence-electron chi connectivity index (χ2n) is 3.21. The predicted octanol–water partition coefficient (Wildman–Crippen LogP) is 1.50. The van der Waals surface area contributed by atoms with E-state index in [1.165, 1.54) is 0 Å². The molecule has 0 atom stereocenters. The average molecular weight is 198 g/mol.